The fourth-order valence-electron chi connectivity index (χ4n) is 1.49. The van der Waals surface area contributed by atoms with Crippen LogP contribution in [0.1, 0.15) is 30.1 Å². The van der Waals surface area contributed by atoms with Gasteiger partial charge in [0.05, 0.1) is 12.7 Å². The zero-order chi connectivity index (χ0) is 13.5. The highest BCUT2D eigenvalue weighted by Crippen LogP contribution is 2.22. The van der Waals surface area contributed by atoms with Gasteiger partial charge >= 0.3 is 0 Å². The van der Waals surface area contributed by atoms with Crippen molar-refractivity contribution in [3.63, 3.8) is 0 Å². The van der Waals surface area contributed by atoms with E-state index >= 15 is 0 Å². The van der Waals surface area contributed by atoms with Crippen molar-refractivity contribution in [3.8, 4) is 5.75 Å². The van der Waals surface area contributed by atoms with Crippen molar-refractivity contribution in [1.82, 2.24) is 5.32 Å². The summed E-state index contributed by atoms with van der Waals surface area (Å²) in [5, 5.41) is 3.44. The normalized spacial score (nSPS) is 12.0. The molecule has 0 aliphatic rings. The summed E-state index contributed by atoms with van der Waals surface area (Å²) in [6.45, 7) is 2.56. The molecule has 0 heterocycles. The average Bonchev–Trinajstić information content (AvgIpc) is 2.37. The highest BCUT2D eigenvalue weighted by molar-refractivity contribution is 6.30. The van der Waals surface area contributed by atoms with Crippen molar-refractivity contribution >= 4 is 29.1 Å². The highest BCUT2D eigenvalue weighted by Gasteiger charge is 2.12. The molecule has 0 radical (unpaired) electrons. The van der Waals surface area contributed by atoms with Crippen molar-refractivity contribution in [2.24, 2.45) is 0 Å². The molecule has 5 heteroatoms. The molecule has 1 atom stereocenters. The maximum atomic E-state index is 11.9. The molecule has 1 aromatic carbocycles. The van der Waals surface area contributed by atoms with Crippen LogP contribution in [0.25, 0.3) is 0 Å². The summed E-state index contributed by atoms with van der Waals surface area (Å²) >= 11 is 11.8. The number of amides is 1. The maximum absolute atomic E-state index is 11.9. The summed E-state index contributed by atoms with van der Waals surface area (Å²) in [4.78, 5) is 11.9. The third-order valence-corrected chi connectivity index (χ3v) is 3.36. The Bertz CT molecular complexity index is 410. The van der Waals surface area contributed by atoms with E-state index in [0.717, 1.165) is 12.8 Å². The second-order valence-electron chi connectivity index (χ2n) is 3.89. The van der Waals surface area contributed by atoms with Crippen LogP contribution in [0.4, 0.5) is 0 Å². The molecule has 1 rings (SSSR count). The Morgan fingerprint density at radius 1 is 1.50 bits per heavy atom. The number of alkyl halides is 1. The lowest BCUT2D eigenvalue weighted by Crippen LogP contribution is -2.26. The van der Waals surface area contributed by atoms with Crippen molar-refractivity contribution < 1.29 is 9.53 Å². The summed E-state index contributed by atoms with van der Waals surface area (Å²) < 4.78 is 5.12. The van der Waals surface area contributed by atoms with E-state index in [-0.39, 0.29) is 11.3 Å². The van der Waals surface area contributed by atoms with Crippen molar-refractivity contribution in [3.05, 3.63) is 28.8 Å². The quantitative estimate of drug-likeness (QED) is 0.814. The number of halogens is 2. The van der Waals surface area contributed by atoms with Gasteiger partial charge in [0.2, 0.25) is 0 Å². The van der Waals surface area contributed by atoms with Gasteiger partial charge in [-0.1, -0.05) is 18.5 Å². The van der Waals surface area contributed by atoms with Gasteiger partial charge in [-0.25, -0.2) is 0 Å². The molecule has 0 saturated heterocycles. The Labute approximate surface area is 117 Å². The van der Waals surface area contributed by atoms with Gasteiger partial charge in [0.1, 0.15) is 5.75 Å². The average molecular weight is 290 g/mol. The predicted octanol–water partition coefficient (Wildman–Crippen LogP) is 3.49. The number of hydrogen-bond donors (Lipinski definition) is 1. The zero-order valence-electron chi connectivity index (χ0n) is 10.5. The fourth-order valence-corrected chi connectivity index (χ4v) is 1.77. The van der Waals surface area contributed by atoms with Crippen LogP contribution >= 0.6 is 23.2 Å². The molecule has 100 valence electrons. The van der Waals surface area contributed by atoms with Gasteiger partial charge in [-0.2, -0.15) is 0 Å². The maximum Gasteiger partial charge on any atom is 0.255 e. The summed E-state index contributed by atoms with van der Waals surface area (Å²) in [6, 6.07) is 4.93. The molecular weight excluding hydrogens is 273 g/mol. The summed E-state index contributed by atoms with van der Waals surface area (Å²) in [6.07, 6.45) is 1.64. The number of ether oxygens (including phenoxy) is 1. The minimum atomic E-state index is -0.177. The number of nitrogens with one attached hydrogen (secondary N) is 1. The first-order chi connectivity index (χ1) is 8.58. The Morgan fingerprint density at radius 3 is 2.83 bits per heavy atom. The minimum Gasteiger partial charge on any atom is -0.496 e. The summed E-state index contributed by atoms with van der Waals surface area (Å²) in [7, 11) is 1.51. The molecular formula is C13H17Cl2NO2. The Morgan fingerprint density at radius 2 is 2.22 bits per heavy atom. The van der Waals surface area contributed by atoms with Crippen LogP contribution in [-0.4, -0.2) is 24.9 Å². The monoisotopic (exact) mass is 289 g/mol. The Balaban J connectivity index is 2.61. The first-order valence-corrected chi connectivity index (χ1v) is 6.65. The molecule has 0 spiro atoms. The number of carbonyl (C=O) groups excluding carboxylic acids is 1. The van der Waals surface area contributed by atoms with E-state index < -0.39 is 0 Å². The molecule has 0 aliphatic carbocycles. The van der Waals surface area contributed by atoms with Crippen molar-refractivity contribution in [1.29, 1.82) is 0 Å². The number of benzene rings is 1. The second-order valence-corrected chi connectivity index (χ2v) is 4.95. The molecule has 3 nitrogen and oxygen atoms in total. The van der Waals surface area contributed by atoms with Gasteiger partial charge in [0, 0.05) is 16.9 Å². The minimum absolute atomic E-state index is 0.0948. The molecule has 0 aliphatic heterocycles. The fraction of sp³-hybridized carbons (Fsp3) is 0.462. The molecule has 0 fully saturated rings. The van der Waals surface area contributed by atoms with Crippen molar-refractivity contribution in [2.75, 3.05) is 13.7 Å². The van der Waals surface area contributed by atoms with E-state index in [1.54, 1.807) is 18.2 Å². The predicted molar refractivity (Wildman–Crippen MR) is 74.9 cm³/mol. The van der Waals surface area contributed by atoms with Crippen LogP contribution in [0.15, 0.2) is 18.2 Å². The van der Waals surface area contributed by atoms with Gasteiger partial charge < -0.3 is 10.1 Å². The van der Waals surface area contributed by atoms with Gasteiger partial charge in [-0.15, -0.1) is 11.6 Å². The molecule has 0 saturated carbocycles. The number of carbonyl (C=O) groups is 1. The molecule has 1 N–H and O–H groups in total. The van der Waals surface area contributed by atoms with Gasteiger partial charge in [0.15, 0.2) is 0 Å². The third kappa shape index (κ3) is 4.39. The second kappa shape index (κ2) is 7.49. The standard InChI is InChI=1S/C13H17Cl2NO2/c1-3-9(14)6-7-16-13(17)11-5-4-10(15)8-12(11)18-2/h4-5,8-9H,3,6-7H2,1-2H3,(H,16,17). The van der Waals surface area contributed by atoms with Crippen LogP contribution in [0, 0.1) is 0 Å². The molecule has 1 aromatic rings. The molecule has 1 amide bonds. The molecule has 1 unspecified atom stereocenters. The van der Waals surface area contributed by atoms with Crippen LogP contribution in [0.5, 0.6) is 5.75 Å². The van der Waals surface area contributed by atoms with E-state index in [1.165, 1.54) is 7.11 Å². The smallest absolute Gasteiger partial charge is 0.255 e. The Kier molecular flexibility index (Phi) is 6.30. The number of hydrogen-bond acceptors (Lipinski definition) is 2. The SMILES string of the molecule is CCC(Cl)CCNC(=O)c1ccc(Cl)cc1OC. The van der Waals surface area contributed by atoms with Crippen LogP contribution < -0.4 is 10.1 Å². The third-order valence-electron chi connectivity index (χ3n) is 2.59. The lowest BCUT2D eigenvalue weighted by atomic mass is 10.2. The zero-order valence-corrected chi connectivity index (χ0v) is 12.0. The van der Waals surface area contributed by atoms with E-state index in [9.17, 15) is 4.79 Å². The summed E-state index contributed by atoms with van der Waals surface area (Å²) in [5.41, 5.74) is 0.476. The van der Waals surface area contributed by atoms with E-state index in [0.29, 0.717) is 22.9 Å². The van der Waals surface area contributed by atoms with Gasteiger partial charge in [0.25, 0.3) is 5.91 Å². The van der Waals surface area contributed by atoms with Crippen LogP contribution in [0.3, 0.4) is 0 Å². The van der Waals surface area contributed by atoms with E-state index in [4.69, 9.17) is 27.9 Å². The van der Waals surface area contributed by atoms with Crippen molar-refractivity contribution in [2.45, 2.75) is 25.1 Å². The van der Waals surface area contributed by atoms with Gasteiger partial charge in [-0.3, -0.25) is 4.79 Å². The highest BCUT2D eigenvalue weighted by atomic mass is 35.5. The van der Waals surface area contributed by atoms with Crippen LogP contribution in [0.2, 0.25) is 5.02 Å². The van der Waals surface area contributed by atoms with E-state index in [1.807, 2.05) is 6.92 Å². The summed E-state index contributed by atoms with van der Waals surface area (Å²) in [5.74, 6) is 0.293. The molecule has 0 aromatic heterocycles. The lowest BCUT2D eigenvalue weighted by molar-refractivity contribution is 0.0950. The number of rotatable bonds is 6. The molecule has 18 heavy (non-hydrogen) atoms. The molecule has 0 bridgehead atoms. The number of methoxy groups -OCH3 is 1. The lowest BCUT2D eigenvalue weighted by Gasteiger charge is -2.11. The first-order valence-electron chi connectivity index (χ1n) is 5.84. The van der Waals surface area contributed by atoms with E-state index in [2.05, 4.69) is 5.32 Å². The first kappa shape index (κ1) is 15.1. The topological polar surface area (TPSA) is 38.3 Å². The largest absolute Gasteiger partial charge is 0.496 e. The van der Waals surface area contributed by atoms with Gasteiger partial charge in [-0.05, 0) is 31.0 Å². The Hall–Kier alpha value is -0.930. The van der Waals surface area contributed by atoms with Crippen LogP contribution in [-0.2, 0) is 0 Å².